The molecule has 0 aliphatic heterocycles. The predicted molar refractivity (Wildman–Crippen MR) is 71.5 cm³/mol. The van der Waals surface area contributed by atoms with E-state index in [1.165, 1.54) is 0 Å². The fraction of sp³-hybridized carbons (Fsp3) is 0.467. The summed E-state index contributed by atoms with van der Waals surface area (Å²) < 4.78 is 0. The molecule has 0 saturated heterocycles. The molecule has 0 bridgehead atoms. The van der Waals surface area contributed by atoms with E-state index >= 15 is 0 Å². The lowest BCUT2D eigenvalue weighted by Gasteiger charge is -2.30. The second-order valence-electron chi connectivity index (χ2n) is 5.63. The van der Waals surface area contributed by atoms with Crippen molar-refractivity contribution in [3.05, 3.63) is 42.5 Å². The van der Waals surface area contributed by atoms with Gasteiger partial charge in [-0.05, 0) is 45.8 Å². The molecular weight excluding hydrogens is 212 g/mol. The van der Waals surface area contributed by atoms with Crippen LogP contribution >= 0.6 is 0 Å². The highest BCUT2D eigenvalue weighted by atomic mass is 17.2. The standard InChI is InChI=1S/C15H22O2/c1-12(13-10-8-7-9-11-13)15(5,6)17-16-14(2,3)4/h7-11H,1H2,2-6H3. The lowest BCUT2D eigenvalue weighted by atomic mass is 9.93. The normalized spacial score (nSPS) is 12.5. The van der Waals surface area contributed by atoms with Crippen LogP contribution in [0.4, 0.5) is 0 Å². The Morgan fingerprint density at radius 1 is 0.941 bits per heavy atom. The molecule has 0 aromatic heterocycles. The molecule has 17 heavy (non-hydrogen) atoms. The molecule has 0 saturated carbocycles. The van der Waals surface area contributed by atoms with E-state index in [-0.39, 0.29) is 5.60 Å². The predicted octanol–water partition coefficient (Wildman–Crippen LogP) is 4.23. The number of rotatable bonds is 4. The van der Waals surface area contributed by atoms with Crippen molar-refractivity contribution in [2.75, 3.05) is 0 Å². The maximum Gasteiger partial charge on any atom is 0.123 e. The number of hydrogen-bond acceptors (Lipinski definition) is 2. The quantitative estimate of drug-likeness (QED) is 0.573. The van der Waals surface area contributed by atoms with Crippen LogP contribution in [0.3, 0.4) is 0 Å². The first-order valence-corrected chi connectivity index (χ1v) is 5.84. The molecule has 94 valence electrons. The van der Waals surface area contributed by atoms with Gasteiger partial charge in [0.15, 0.2) is 0 Å². The molecule has 0 amide bonds. The summed E-state index contributed by atoms with van der Waals surface area (Å²) in [4.78, 5) is 10.9. The first-order chi connectivity index (χ1) is 7.72. The van der Waals surface area contributed by atoms with Crippen molar-refractivity contribution in [2.24, 2.45) is 0 Å². The van der Waals surface area contributed by atoms with Gasteiger partial charge in [-0.2, -0.15) is 0 Å². The summed E-state index contributed by atoms with van der Waals surface area (Å²) in [5.74, 6) is 0. The highest BCUT2D eigenvalue weighted by molar-refractivity contribution is 5.69. The van der Waals surface area contributed by atoms with Crippen molar-refractivity contribution in [1.29, 1.82) is 0 Å². The SMILES string of the molecule is C=C(c1ccccc1)C(C)(C)OOC(C)(C)C. The van der Waals surface area contributed by atoms with E-state index in [0.29, 0.717) is 0 Å². The topological polar surface area (TPSA) is 18.5 Å². The third-order valence-electron chi connectivity index (χ3n) is 2.35. The molecule has 2 nitrogen and oxygen atoms in total. The van der Waals surface area contributed by atoms with Crippen molar-refractivity contribution in [3.8, 4) is 0 Å². The van der Waals surface area contributed by atoms with E-state index < -0.39 is 5.60 Å². The molecule has 0 aliphatic carbocycles. The van der Waals surface area contributed by atoms with Crippen molar-refractivity contribution in [3.63, 3.8) is 0 Å². The van der Waals surface area contributed by atoms with Gasteiger partial charge in [-0.25, -0.2) is 9.78 Å². The molecule has 1 aromatic carbocycles. The van der Waals surface area contributed by atoms with E-state index in [0.717, 1.165) is 11.1 Å². The van der Waals surface area contributed by atoms with Crippen LogP contribution in [0.15, 0.2) is 36.9 Å². The average molecular weight is 234 g/mol. The molecular formula is C15H22O2. The van der Waals surface area contributed by atoms with E-state index in [1.807, 2.05) is 65.0 Å². The highest BCUT2D eigenvalue weighted by Gasteiger charge is 2.27. The fourth-order valence-corrected chi connectivity index (χ4v) is 1.27. The van der Waals surface area contributed by atoms with Crippen LogP contribution in [0.2, 0.25) is 0 Å². The van der Waals surface area contributed by atoms with Crippen molar-refractivity contribution >= 4 is 5.57 Å². The van der Waals surface area contributed by atoms with Gasteiger partial charge >= 0.3 is 0 Å². The van der Waals surface area contributed by atoms with Gasteiger partial charge in [0.25, 0.3) is 0 Å². The van der Waals surface area contributed by atoms with E-state index in [1.54, 1.807) is 0 Å². The Kier molecular flexibility index (Phi) is 4.12. The Balaban J connectivity index is 2.74. The van der Waals surface area contributed by atoms with Gasteiger partial charge in [-0.3, -0.25) is 0 Å². The molecule has 0 radical (unpaired) electrons. The summed E-state index contributed by atoms with van der Waals surface area (Å²) in [6.45, 7) is 13.9. The van der Waals surface area contributed by atoms with Gasteiger partial charge < -0.3 is 0 Å². The van der Waals surface area contributed by atoms with Gasteiger partial charge in [0.1, 0.15) is 5.60 Å². The maximum absolute atomic E-state index is 5.51. The molecule has 0 N–H and O–H groups in total. The van der Waals surface area contributed by atoms with Crippen LogP contribution in [0.25, 0.3) is 5.57 Å². The van der Waals surface area contributed by atoms with Crippen LogP contribution in [-0.2, 0) is 9.78 Å². The summed E-state index contributed by atoms with van der Waals surface area (Å²) in [5, 5.41) is 0. The minimum atomic E-state index is -0.547. The monoisotopic (exact) mass is 234 g/mol. The smallest absolute Gasteiger partial charge is 0.123 e. The van der Waals surface area contributed by atoms with E-state index in [9.17, 15) is 0 Å². The first-order valence-electron chi connectivity index (χ1n) is 5.84. The third-order valence-corrected chi connectivity index (χ3v) is 2.35. The Bertz CT molecular complexity index is 372. The van der Waals surface area contributed by atoms with Gasteiger partial charge in [0.05, 0.1) is 5.60 Å². The zero-order valence-corrected chi connectivity index (χ0v) is 11.4. The van der Waals surface area contributed by atoms with Crippen molar-refractivity contribution in [1.82, 2.24) is 0 Å². The van der Waals surface area contributed by atoms with Gasteiger partial charge in [0.2, 0.25) is 0 Å². The Morgan fingerprint density at radius 3 is 1.94 bits per heavy atom. The lowest BCUT2D eigenvalue weighted by molar-refractivity contribution is -0.383. The van der Waals surface area contributed by atoms with Crippen LogP contribution in [-0.4, -0.2) is 11.2 Å². The van der Waals surface area contributed by atoms with Crippen LogP contribution in [0.1, 0.15) is 40.2 Å². The number of hydrogen-bond donors (Lipinski definition) is 0. The van der Waals surface area contributed by atoms with Crippen molar-refractivity contribution < 1.29 is 9.78 Å². The molecule has 0 spiro atoms. The molecule has 2 heteroatoms. The molecule has 1 rings (SSSR count). The van der Waals surface area contributed by atoms with Crippen LogP contribution in [0.5, 0.6) is 0 Å². The summed E-state index contributed by atoms with van der Waals surface area (Å²) >= 11 is 0. The fourth-order valence-electron chi connectivity index (χ4n) is 1.27. The van der Waals surface area contributed by atoms with E-state index in [2.05, 4.69) is 6.58 Å². The second-order valence-corrected chi connectivity index (χ2v) is 5.63. The van der Waals surface area contributed by atoms with Crippen molar-refractivity contribution in [2.45, 2.75) is 45.8 Å². The molecule has 0 aliphatic rings. The molecule has 0 unspecified atom stereocenters. The van der Waals surface area contributed by atoms with Gasteiger partial charge in [-0.1, -0.05) is 36.9 Å². The molecule has 1 aromatic rings. The summed E-state index contributed by atoms with van der Waals surface area (Å²) in [5.41, 5.74) is 1.10. The third kappa shape index (κ3) is 4.33. The molecule has 0 fully saturated rings. The lowest BCUT2D eigenvalue weighted by Crippen LogP contribution is -2.31. The van der Waals surface area contributed by atoms with Crippen LogP contribution in [0, 0.1) is 0 Å². The zero-order valence-electron chi connectivity index (χ0n) is 11.4. The summed E-state index contributed by atoms with van der Waals surface area (Å²) in [6.07, 6.45) is 0. The highest BCUT2D eigenvalue weighted by Crippen LogP contribution is 2.29. The van der Waals surface area contributed by atoms with Gasteiger partial charge in [0, 0.05) is 0 Å². The maximum atomic E-state index is 5.51. The zero-order chi connectivity index (χ0) is 13.1. The van der Waals surface area contributed by atoms with E-state index in [4.69, 9.17) is 9.78 Å². The summed E-state index contributed by atoms with van der Waals surface area (Å²) in [6, 6.07) is 9.99. The average Bonchev–Trinajstić information content (AvgIpc) is 2.26. The molecule has 0 heterocycles. The minimum Gasteiger partial charge on any atom is -0.230 e. The van der Waals surface area contributed by atoms with Gasteiger partial charge in [-0.15, -0.1) is 0 Å². The Morgan fingerprint density at radius 2 is 1.47 bits per heavy atom. The first kappa shape index (κ1) is 13.9. The summed E-state index contributed by atoms with van der Waals surface area (Å²) in [7, 11) is 0. The number of benzene rings is 1. The van der Waals surface area contributed by atoms with Crippen LogP contribution < -0.4 is 0 Å². The second kappa shape index (κ2) is 5.03. The molecule has 0 atom stereocenters. The minimum absolute atomic E-state index is 0.325. The largest absolute Gasteiger partial charge is 0.230 e. The Labute approximate surface area is 104 Å². The Hall–Kier alpha value is -1.12.